The number of aliphatic hydroxyl groups excluding tert-OH is 1. The highest BCUT2D eigenvalue weighted by atomic mass is 79.9. The Bertz CT molecular complexity index is 1640. The maximum absolute atomic E-state index is 12.4. The topological polar surface area (TPSA) is 164 Å². The van der Waals surface area contributed by atoms with Crippen LogP contribution in [0.25, 0.3) is 0 Å². The molecule has 13 heteroatoms. The van der Waals surface area contributed by atoms with Crippen LogP contribution in [0.4, 0.5) is 4.79 Å². The predicted octanol–water partition coefficient (Wildman–Crippen LogP) is 4.42. The van der Waals surface area contributed by atoms with E-state index < -0.39 is 24.3 Å². The van der Waals surface area contributed by atoms with E-state index in [0.717, 1.165) is 15.6 Å². The average molecular weight is 679 g/mol. The number of ether oxygens (including phenoxy) is 4. The van der Waals surface area contributed by atoms with Crippen LogP contribution in [-0.2, 0) is 16.1 Å². The molecule has 3 aromatic rings. The van der Waals surface area contributed by atoms with Gasteiger partial charge in [0, 0.05) is 5.70 Å². The van der Waals surface area contributed by atoms with E-state index in [1.807, 2.05) is 31.2 Å². The number of methoxy groups -OCH3 is 1. The molecular formula is C32H32BrN5O7. The van der Waals surface area contributed by atoms with Crippen molar-refractivity contribution in [3.8, 4) is 23.3 Å². The first-order chi connectivity index (χ1) is 21.7. The third-order valence-corrected chi connectivity index (χ3v) is 7.16. The minimum Gasteiger partial charge on any atom is -0.490 e. The van der Waals surface area contributed by atoms with Gasteiger partial charge < -0.3 is 34.7 Å². The highest BCUT2D eigenvalue weighted by molar-refractivity contribution is 9.10. The molecule has 1 aliphatic heterocycles. The smallest absolute Gasteiger partial charge is 0.337 e. The number of nitrogens with one attached hydrogen (secondary N) is 3. The van der Waals surface area contributed by atoms with Crippen LogP contribution in [0.2, 0.25) is 0 Å². The quantitative estimate of drug-likeness (QED) is 0.0887. The van der Waals surface area contributed by atoms with Crippen LogP contribution in [0.1, 0.15) is 42.1 Å². The fourth-order valence-corrected chi connectivity index (χ4v) is 4.88. The van der Waals surface area contributed by atoms with E-state index in [1.165, 1.54) is 7.11 Å². The highest BCUT2D eigenvalue weighted by Gasteiger charge is 2.32. The molecule has 0 aliphatic carbocycles. The number of esters is 1. The molecule has 0 spiro atoms. The Balaban J connectivity index is 1.34. The predicted molar refractivity (Wildman–Crippen MR) is 169 cm³/mol. The number of aliphatic hydroxyl groups is 1. The normalized spacial score (nSPS) is 15.0. The molecule has 0 fully saturated rings. The van der Waals surface area contributed by atoms with Crippen molar-refractivity contribution in [2.24, 2.45) is 5.10 Å². The van der Waals surface area contributed by atoms with Gasteiger partial charge >= 0.3 is 12.0 Å². The Morgan fingerprint density at radius 1 is 1.11 bits per heavy atom. The van der Waals surface area contributed by atoms with E-state index in [-0.39, 0.29) is 12.2 Å². The van der Waals surface area contributed by atoms with Gasteiger partial charge in [0.05, 0.1) is 47.7 Å². The van der Waals surface area contributed by atoms with Crippen LogP contribution in [0.5, 0.6) is 17.2 Å². The number of amides is 2. The molecule has 0 unspecified atom stereocenters. The first-order valence-corrected chi connectivity index (χ1v) is 14.7. The second kappa shape index (κ2) is 15.6. The monoisotopic (exact) mass is 677 g/mol. The van der Waals surface area contributed by atoms with Gasteiger partial charge in [-0.05, 0) is 88.9 Å². The zero-order chi connectivity index (χ0) is 32.3. The van der Waals surface area contributed by atoms with Crippen molar-refractivity contribution in [2.45, 2.75) is 32.7 Å². The molecule has 2 amide bonds. The number of urea groups is 1. The Hall–Kier alpha value is -5.06. The molecule has 12 nitrogen and oxygen atoms in total. The van der Waals surface area contributed by atoms with Crippen molar-refractivity contribution in [1.29, 1.82) is 5.26 Å². The molecule has 3 aromatic carbocycles. The molecule has 1 heterocycles. The van der Waals surface area contributed by atoms with Crippen molar-refractivity contribution in [2.75, 3.05) is 20.3 Å². The SMILES string of the molecule is CCOc1cc([C@H]2NC(=O)NC(C)=C2C(=O)OC)ccc1OC[C@H](O)N/N=C/c1ccc(OCc2ccc(C#N)cc2)c(Br)c1. The summed E-state index contributed by atoms with van der Waals surface area (Å²) in [6.07, 6.45) is 0.398. The average Bonchev–Trinajstić information content (AvgIpc) is 3.03. The number of nitrogens with zero attached hydrogens (tertiary/aromatic N) is 2. The lowest BCUT2D eigenvalue weighted by Gasteiger charge is -2.28. The van der Waals surface area contributed by atoms with Crippen molar-refractivity contribution in [3.63, 3.8) is 0 Å². The minimum atomic E-state index is -1.14. The lowest BCUT2D eigenvalue weighted by molar-refractivity contribution is -0.136. The Kier molecular flexibility index (Phi) is 11.4. The molecule has 0 radical (unpaired) electrons. The van der Waals surface area contributed by atoms with Gasteiger partial charge in [0.15, 0.2) is 17.7 Å². The van der Waals surface area contributed by atoms with E-state index >= 15 is 0 Å². The van der Waals surface area contributed by atoms with Gasteiger partial charge in [-0.2, -0.15) is 10.4 Å². The zero-order valence-electron chi connectivity index (χ0n) is 24.8. The summed E-state index contributed by atoms with van der Waals surface area (Å²) in [5.41, 5.74) is 6.14. The molecule has 4 rings (SSSR count). The van der Waals surface area contributed by atoms with E-state index in [9.17, 15) is 14.7 Å². The van der Waals surface area contributed by atoms with Gasteiger partial charge in [-0.1, -0.05) is 18.2 Å². The van der Waals surface area contributed by atoms with Crippen LogP contribution in [0, 0.1) is 11.3 Å². The first-order valence-electron chi connectivity index (χ1n) is 13.9. The van der Waals surface area contributed by atoms with E-state index in [2.05, 4.69) is 43.2 Å². The van der Waals surface area contributed by atoms with Gasteiger partial charge in [0.2, 0.25) is 0 Å². The van der Waals surface area contributed by atoms with E-state index in [1.54, 1.807) is 49.5 Å². The molecule has 4 N–H and O–H groups in total. The maximum Gasteiger partial charge on any atom is 0.337 e. The molecule has 0 bridgehead atoms. The Morgan fingerprint density at radius 2 is 1.87 bits per heavy atom. The van der Waals surface area contributed by atoms with Crippen LogP contribution >= 0.6 is 15.9 Å². The molecule has 45 heavy (non-hydrogen) atoms. The lowest BCUT2D eigenvalue weighted by Crippen LogP contribution is -2.45. The number of carbonyl (C=O) groups is 2. The number of hydrogen-bond donors (Lipinski definition) is 4. The fraction of sp³-hybridized carbons (Fsp3) is 0.250. The summed E-state index contributed by atoms with van der Waals surface area (Å²) in [7, 11) is 1.27. The Labute approximate surface area is 268 Å². The van der Waals surface area contributed by atoms with Gasteiger partial charge in [-0.15, -0.1) is 0 Å². The largest absolute Gasteiger partial charge is 0.490 e. The maximum atomic E-state index is 12.4. The standard InChI is InChI=1S/C32H32BrN5O7/c1-4-43-27-14-23(30-29(31(40)42-3)19(2)36-32(41)37-30)10-12-26(27)45-18-28(39)38-35-16-22-9-11-25(24(33)13-22)44-17-21-7-5-20(15-34)6-8-21/h5-14,16,28,30,38-39H,4,17-18H2,1-3H3,(H2,36,37,41)/b35-16+/t28-,30+/m0/s1. The molecule has 234 valence electrons. The van der Waals surface area contributed by atoms with Gasteiger partial charge in [-0.25, -0.2) is 9.59 Å². The van der Waals surface area contributed by atoms with Gasteiger partial charge in [0.25, 0.3) is 0 Å². The van der Waals surface area contributed by atoms with Crippen molar-refractivity contribution in [1.82, 2.24) is 16.1 Å². The summed E-state index contributed by atoms with van der Waals surface area (Å²) in [6, 6.07) is 18.5. The van der Waals surface area contributed by atoms with Gasteiger partial charge in [-0.3, -0.25) is 5.43 Å². The number of allylic oxidation sites excluding steroid dienone is 1. The number of rotatable bonds is 13. The molecule has 0 saturated carbocycles. The molecule has 0 aromatic heterocycles. The third kappa shape index (κ3) is 8.75. The zero-order valence-corrected chi connectivity index (χ0v) is 26.4. The summed E-state index contributed by atoms with van der Waals surface area (Å²) in [5.74, 6) is 0.789. The molecule has 1 aliphatic rings. The van der Waals surface area contributed by atoms with Crippen molar-refractivity contribution >= 4 is 34.1 Å². The molecule has 0 saturated heterocycles. The van der Waals surface area contributed by atoms with Crippen LogP contribution in [0.3, 0.4) is 0 Å². The van der Waals surface area contributed by atoms with Crippen molar-refractivity contribution < 1.29 is 33.6 Å². The van der Waals surface area contributed by atoms with E-state index in [0.29, 0.717) is 47.3 Å². The molecule has 2 atom stereocenters. The Morgan fingerprint density at radius 3 is 2.56 bits per heavy atom. The lowest BCUT2D eigenvalue weighted by atomic mass is 9.95. The fourth-order valence-electron chi connectivity index (χ4n) is 4.37. The molecular weight excluding hydrogens is 646 g/mol. The summed E-state index contributed by atoms with van der Waals surface area (Å²) < 4.78 is 23.0. The van der Waals surface area contributed by atoms with Crippen molar-refractivity contribution in [3.05, 3.63) is 98.7 Å². The van der Waals surface area contributed by atoms with Gasteiger partial charge in [0.1, 0.15) is 19.0 Å². The summed E-state index contributed by atoms with van der Waals surface area (Å²) in [4.78, 5) is 24.6. The van der Waals surface area contributed by atoms with E-state index in [4.69, 9.17) is 24.2 Å². The highest BCUT2D eigenvalue weighted by Crippen LogP contribution is 2.35. The number of hydrazone groups is 1. The third-order valence-electron chi connectivity index (χ3n) is 6.54. The number of nitriles is 1. The number of carbonyl (C=O) groups excluding carboxylic acids is 2. The number of halogens is 1. The summed E-state index contributed by atoms with van der Waals surface area (Å²) in [6.45, 7) is 3.96. The minimum absolute atomic E-state index is 0.154. The summed E-state index contributed by atoms with van der Waals surface area (Å²) in [5, 5.41) is 28.8. The van der Waals surface area contributed by atoms with Crippen LogP contribution in [0.15, 0.2) is 81.5 Å². The second-order valence-electron chi connectivity index (χ2n) is 9.70. The van der Waals surface area contributed by atoms with Crippen LogP contribution in [-0.4, -0.2) is 49.9 Å². The second-order valence-corrected chi connectivity index (χ2v) is 10.6. The van der Waals surface area contributed by atoms with Crippen LogP contribution < -0.4 is 30.3 Å². The number of hydrogen-bond acceptors (Lipinski definition) is 10. The number of benzene rings is 3. The first kappa shape index (κ1) is 32.8. The summed E-state index contributed by atoms with van der Waals surface area (Å²) >= 11 is 3.50.